The molecule has 0 bridgehead atoms. The van der Waals surface area contributed by atoms with E-state index in [9.17, 15) is 9.59 Å². The number of nitrogens with zero attached hydrogens (tertiary/aromatic N) is 2. The molecule has 0 saturated heterocycles. The third kappa shape index (κ3) is 4.52. The normalized spacial score (nSPS) is 11.4. The van der Waals surface area contributed by atoms with Crippen LogP contribution in [0.15, 0.2) is 48.5 Å². The molecule has 2 aromatic carbocycles. The van der Waals surface area contributed by atoms with Crippen LogP contribution in [0, 0.1) is 11.3 Å². The van der Waals surface area contributed by atoms with Crippen LogP contribution in [0.4, 0.5) is 0 Å². The molecule has 128 valence electrons. The number of carbonyl (C=O) groups excluding carboxylic acids is 2. The van der Waals surface area contributed by atoms with Gasteiger partial charge in [0.1, 0.15) is 6.29 Å². The molecule has 0 radical (unpaired) electrons. The standard InChI is InChI=1S/C20H21N3O2/c1-15(23(11-12-24)20(25)9-10-21)17-5-7-18(8-6-17)19-4-2-3-16(13-19)14-22/h2-8,12-13,15H,9-11,21H2,1H3. The van der Waals surface area contributed by atoms with Gasteiger partial charge in [0.2, 0.25) is 5.91 Å². The van der Waals surface area contributed by atoms with Gasteiger partial charge in [-0.05, 0) is 35.7 Å². The molecular weight excluding hydrogens is 314 g/mol. The maximum absolute atomic E-state index is 12.2. The maximum atomic E-state index is 12.2. The van der Waals surface area contributed by atoms with Crippen molar-refractivity contribution < 1.29 is 9.59 Å². The fourth-order valence-electron chi connectivity index (χ4n) is 2.73. The van der Waals surface area contributed by atoms with Crippen LogP contribution in [0.1, 0.15) is 30.5 Å². The number of nitriles is 1. The van der Waals surface area contributed by atoms with Crippen molar-refractivity contribution in [2.45, 2.75) is 19.4 Å². The summed E-state index contributed by atoms with van der Waals surface area (Å²) in [5.74, 6) is -0.132. The van der Waals surface area contributed by atoms with Gasteiger partial charge in [-0.15, -0.1) is 0 Å². The molecule has 1 unspecified atom stereocenters. The monoisotopic (exact) mass is 335 g/mol. The lowest BCUT2D eigenvalue weighted by atomic mass is 9.99. The molecule has 0 aliphatic heterocycles. The third-order valence-corrected chi connectivity index (χ3v) is 4.14. The quantitative estimate of drug-likeness (QED) is 0.788. The second-order valence-electron chi connectivity index (χ2n) is 5.74. The van der Waals surface area contributed by atoms with Crippen molar-refractivity contribution in [3.8, 4) is 17.2 Å². The highest BCUT2D eigenvalue weighted by atomic mass is 16.2. The summed E-state index contributed by atoms with van der Waals surface area (Å²) in [7, 11) is 0. The zero-order chi connectivity index (χ0) is 18.2. The lowest BCUT2D eigenvalue weighted by Crippen LogP contribution is -2.36. The number of carbonyl (C=O) groups is 2. The smallest absolute Gasteiger partial charge is 0.224 e. The Labute approximate surface area is 147 Å². The molecule has 0 fully saturated rings. The van der Waals surface area contributed by atoms with E-state index in [4.69, 9.17) is 11.0 Å². The molecule has 0 spiro atoms. The fourth-order valence-corrected chi connectivity index (χ4v) is 2.73. The molecule has 0 aliphatic rings. The number of rotatable bonds is 7. The number of hydrogen-bond acceptors (Lipinski definition) is 4. The molecule has 0 saturated carbocycles. The van der Waals surface area contributed by atoms with Crippen LogP contribution in [-0.2, 0) is 9.59 Å². The Morgan fingerprint density at radius 1 is 1.24 bits per heavy atom. The number of amides is 1. The molecule has 1 atom stereocenters. The highest BCUT2D eigenvalue weighted by Crippen LogP contribution is 2.25. The average molecular weight is 335 g/mol. The highest BCUT2D eigenvalue weighted by molar-refractivity contribution is 5.79. The SMILES string of the molecule is CC(c1ccc(-c2cccc(C#N)c2)cc1)N(CC=O)C(=O)CCN. The van der Waals surface area contributed by atoms with Crippen LogP contribution in [0.3, 0.4) is 0 Å². The van der Waals surface area contributed by atoms with Gasteiger partial charge in [-0.2, -0.15) is 5.26 Å². The number of benzene rings is 2. The van der Waals surface area contributed by atoms with Crippen molar-refractivity contribution in [1.82, 2.24) is 4.90 Å². The van der Waals surface area contributed by atoms with Crippen LogP contribution in [0.5, 0.6) is 0 Å². The van der Waals surface area contributed by atoms with E-state index in [0.717, 1.165) is 23.0 Å². The lowest BCUT2D eigenvalue weighted by Gasteiger charge is -2.28. The van der Waals surface area contributed by atoms with Crippen molar-refractivity contribution in [2.24, 2.45) is 5.73 Å². The summed E-state index contributed by atoms with van der Waals surface area (Å²) in [5.41, 5.74) is 8.95. The average Bonchev–Trinajstić information content (AvgIpc) is 2.66. The van der Waals surface area contributed by atoms with E-state index in [1.807, 2.05) is 49.4 Å². The molecule has 0 aromatic heterocycles. The lowest BCUT2D eigenvalue weighted by molar-refractivity contribution is -0.135. The zero-order valence-corrected chi connectivity index (χ0v) is 14.2. The number of aldehydes is 1. The first-order valence-corrected chi connectivity index (χ1v) is 8.14. The van der Waals surface area contributed by atoms with E-state index >= 15 is 0 Å². The zero-order valence-electron chi connectivity index (χ0n) is 14.2. The second-order valence-corrected chi connectivity index (χ2v) is 5.74. The Balaban J connectivity index is 2.23. The van der Waals surface area contributed by atoms with Crippen molar-refractivity contribution >= 4 is 12.2 Å². The molecular formula is C20H21N3O2. The minimum atomic E-state index is -0.219. The summed E-state index contributed by atoms with van der Waals surface area (Å²) < 4.78 is 0. The molecule has 0 aliphatic carbocycles. The van der Waals surface area contributed by atoms with E-state index in [1.165, 1.54) is 4.90 Å². The molecule has 5 heteroatoms. The van der Waals surface area contributed by atoms with Gasteiger partial charge in [-0.3, -0.25) is 4.79 Å². The molecule has 25 heavy (non-hydrogen) atoms. The Morgan fingerprint density at radius 3 is 2.56 bits per heavy atom. The van der Waals surface area contributed by atoms with E-state index < -0.39 is 0 Å². The maximum Gasteiger partial charge on any atom is 0.224 e. The van der Waals surface area contributed by atoms with Crippen molar-refractivity contribution in [2.75, 3.05) is 13.1 Å². The third-order valence-electron chi connectivity index (χ3n) is 4.14. The van der Waals surface area contributed by atoms with E-state index in [0.29, 0.717) is 5.56 Å². The highest BCUT2D eigenvalue weighted by Gasteiger charge is 2.20. The Morgan fingerprint density at radius 2 is 1.96 bits per heavy atom. The molecule has 2 rings (SSSR count). The predicted octanol–water partition coefficient (Wildman–Crippen LogP) is 2.66. The van der Waals surface area contributed by atoms with Crippen LogP contribution in [-0.4, -0.2) is 30.2 Å². The Bertz CT molecular complexity index is 778. The molecule has 2 N–H and O–H groups in total. The summed E-state index contributed by atoms with van der Waals surface area (Å²) in [4.78, 5) is 24.6. The summed E-state index contributed by atoms with van der Waals surface area (Å²) in [6.45, 7) is 2.20. The van der Waals surface area contributed by atoms with Crippen LogP contribution >= 0.6 is 0 Å². The molecule has 0 heterocycles. The van der Waals surface area contributed by atoms with E-state index in [-0.39, 0.29) is 31.5 Å². The minimum absolute atomic E-state index is 0.0476. The second kappa shape index (κ2) is 8.76. The number of hydrogen-bond donors (Lipinski definition) is 1. The first-order chi connectivity index (χ1) is 12.1. The van der Waals surface area contributed by atoms with Gasteiger partial charge < -0.3 is 15.4 Å². The van der Waals surface area contributed by atoms with Gasteiger partial charge in [0, 0.05) is 13.0 Å². The summed E-state index contributed by atoms with van der Waals surface area (Å²) in [6.07, 6.45) is 0.948. The van der Waals surface area contributed by atoms with Crippen molar-refractivity contribution in [3.63, 3.8) is 0 Å². The van der Waals surface area contributed by atoms with E-state index in [2.05, 4.69) is 6.07 Å². The predicted molar refractivity (Wildman–Crippen MR) is 96.5 cm³/mol. The largest absolute Gasteiger partial charge is 0.330 e. The first kappa shape index (κ1) is 18.4. The Kier molecular flexibility index (Phi) is 6.44. The van der Waals surface area contributed by atoms with Gasteiger partial charge in [0.15, 0.2) is 0 Å². The van der Waals surface area contributed by atoms with Gasteiger partial charge in [0.25, 0.3) is 0 Å². The fraction of sp³-hybridized carbons (Fsp3) is 0.250. The van der Waals surface area contributed by atoms with Gasteiger partial charge in [0.05, 0.1) is 24.2 Å². The summed E-state index contributed by atoms with van der Waals surface area (Å²) in [6, 6.07) is 17.1. The first-order valence-electron chi connectivity index (χ1n) is 8.14. The minimum Gasteiger partial charge on any atom is -0.330 e. The van der Waals surface area contributed by atoms with Crippen molar-refractivity contribution in [3.05, 3.63) is 59.7 Å². The Hall–Kier alpha value is -2.97. The molecule has 2 aromatic rings. The number of nitrogens with two attached hydrogens (primary N) is 1. The van der Waals surface area contributed by atoms with Gasteiger partial charge >= 0.3 is 0 Å². The van der Waals surface area contributed by atoms with Crippen molar-refractivity contribution in [1.29, 1.82) is 5.26 Å². The summed E-state index contributed by atoms with van der Waals surface area (Å²) in [5, 5.41) is 9.01. The topological polar surface area (TPSA) is 87.2 Å². The van der Waals surface area contributed by atoms with Crippen LogP contribution in [0.25, 0.3) is 11.1 Å². The molecule has 1 amide bonds. The summed E-state index contributed by atoms with van der Waals surface area (Å²) >= 11 is 0. The van der Waals surface area contributed by atoms with Crippen LogP contribution < -0.4 is 5.73 Å². The van der Waals surface area contributed by atoms with E-state index in [1.54, 1.807) is 6.07 Å². The van der Waals surface area contributed by atoms with Gasteiger partial charge in [-0.25, -0.2) is 0 Å². The van der Waals surface area contributed by atoms with Gasteiger partial charge in [-0.1, -0.05) is 36.4 Å². The van der Waals surface area contributed by atoms with Crippen LogP contribution in [0.2, 0.25) is 0 Å². The molecule has 5 nitrogen and oxygen atoms in total.